The summed E-state index contributed by atoms with van der Waals surface area (Å²) in [5.41, 5.74) is 1.20. The van der Waals surface area contributed by atoms with Crippen LogP contribution >= 0.6 is 0 Å². The van der Waals surface area contributed by atoms with Crippen LogP contribution in [0.5, 0.6) is 0 Å². The highest BCUT2D eigenvalue weighted by Gasteiger charge is 2.20. The molecule has 0 aliphatic carbocycles. The van der Waals surface area contributed by atoms with E-state index in [0.717, 1.165) is 44.7 Å². The molecular weight excluding hydrogens is 214 g/mol. The van der Waals surface area contributed by atoms with E-state index < -0.39 is 0 Å². The van der Waals surface area contributed by atoms with Crippen molar-refractivity contribution in [2.45, 2.75) is 32.6 Å². The van der Waals surface area contributed by atoms with E-state index >= 15 is 0 Å². The van der Waals surface area contributed by atoms with Gasteiger partial charge in [-0.3, -0.25) is 0 Å². The molecule has 1 atom stereocenters. The average molecular weight is 235 g/mol. The minimum Gasteiger partial charge on any atom is -0.396 e. The van der Waals surface area contributed by atoms with Gasteiger partial charge in [0.15, 0.2) is 0 Å². The van der Waals surface area contributed by atoms with Crippen LogP contribution in [0.4, 0.5) is 5.95 Å². The molecule has 2 heterocycles. The van der Waals surface area contributed by atoms with E-state index in [2.05, 4.69) is 21.8 Å². The van der Waals surface area contributed by atoms with Gasteiger partial charge in [0, 0.05) is 32.1 Å². The summed E-state index contributed by atoms with van der Waals surface area (Å²) in [5, 5.41) is 9.20. The molecule has 1 aliphatic heterocycles. The molecule has 1 N–H and O–H groups in total. The first-order chi connectivity index (χ1) is 8.33. The van der Waals surface area contributed by atoms with Crippen LogP contribution < -0.4 is 4.90 Å². The normalized spacial score (nSPS) is 20.6. The Hall–Kier alpha value is -1.16. The second kappa shape index (κ2) is 5.96. The van der Waals surface area contributed by atoms with Crippen LogP contribution in [-0.2, 0) is 6.42 Å². The monoisotopic (exact) mass is 235 g/mol. The zero-order valence-corrected chi connectivity index (χ0v) is 10.5. The van der Waals surface area contributed by atoms with Crippen molar-refractivity contribution in [3.63, 3.8) is 0 Å². The fraction of sp³-hybridized carbons (Fsp3) is 0.692. The Labute approximate surface area is 103 Å². The van der Waals surface area contributed by atoms with E-state index in [-0.39, 0.29) is 6.61 Å². The maximum Gasteiger partial charge on any atom is 0.225 e. The Kier molecular flexibility index (Phi) is 4.31. The molecule has 1 aromatic heterocycles. The fourth-order valence-electron chi connectivity index (χ4n) is 2.32. The minimum absolute atomic E-state index is 0.268. The predicted molar refractivity (Wildman–Crippen MR) is 68.0 cm³/mol. The molecule has 0 bridgehead atoms. The van der Waals surface area contributed by atoms with E-state index in [9.17, 15) is 5.11 Å². The van der Waals surface area contributed by atoms with Gasteiger partial charge in [-0.2, -0.15) is 0 Å². The number of piperidine rings is 1. The summed E-state index contributed by atoms with van der Waals surface area (Å²) in [6.45, 7) is 4.31. The van der Waals surface area contributed by atoms with Gasteiger partial charge in [0.05, 0.1) is 0 Å². The SMILES string of the molecule is CCCc1cnc(N2CCCC(CO)C2)nc1. The molecule has 0 saturated carbocycles. The molecule has 1 fully saturated rings. The molecule has 1 saturated heterocycles. The van der Waals surface area contributed by atoms with Crippen molar-refractivity contribution >= 4 is 5.95 Å². The maximum absolute atomic E-state index is 9.20. The summed E-state index contributed by atoms with van der Waals surface area (Å²) in [6.07, 6.45) is 8.24. The lowest BCUT2D eigenvalue weighted by Gasteiger charge is -2.31. The van der Waals surface area contributed by atoms with Gasteiger partial charge in [0.2, 0.25) is 5.95 Å². The molecule has 1 aliphatic rings. The van der Waals surface area contributed by atoms with Crippen LogP contribution in [0.3, 0.4) is 0 Å². The quantitative estimate of drug-likeness (QED) is 0.862. The van der Waals surface area contributed by atoms with Crippen molar-refractivity contribution in [3.8, 4) is 0 Å². The fourth-order valence-corrected chi connectivity index (χ4v) is 2.32. The van der Waals surface area contributed by atoms with Gasteiger partial charge in [-0.05, 0) is 30.7 Å². The summed E-state index contributed by atoms with van der Waals surface area (Å²) >= 11 is 0. The Balaban J connectivity index is 2.01. The first-order valence-corrected chi connectivity index (χ1v) is 6.50. The van der Waals surface area contributed by atoms with E-state index in [0.29, 0.717) is 5.92 Å². The summed E-state index contributed by atoms with van der Waals surface area (Å²) < 4.78 is 0. The number of anilines is 1. The zero-order chi connectivity index (χ0) is 12.1. The summed E-state index contributed by atoms with van der Waals surface area (Å²) in [7, 11) is 0. The molecule has 1 aromatic rings. The smallest absolute Gasteiger partial charge is 0.225 e. The lowest BCUT2D eigenvalue weighted by molar-refractivity contribution is 0.208. The van der Waals surface area contributed by atoms with Gasteiger partial charge >= 0.3 is 0 Å². The van der Waals surface area contributed by atoms with Gasteiger partial charge < -0.3 is 10.0 Å². The van der Waals surface area contributed by atoms with Crippen molar-refractivity contribution in [2.75, 3.05) is 24.6 Å². The molecule has 4 nitrogen and oxygen atoms in total. The second-order valence-electron chi connectivity index (χ2n) is 4.78. The van der Waals surface area contributed by atoms with Crippen molar-refractivity contribution < 1.29 is 5.11 Å². The number of hydrogen-bond acceptors (Lipinski definition) is 4. The Morgan fingerprint density at radius 3 is 2.82 bits per heavy atom. The van der Waals surface area contributed by atoms with Gasteiger partial charge in [0.25, 0.3) is 0 Å². The van der Waals surface area contributed by atoms with E-state index in [1.165, 1.54) is 5.56 Å². The van der Waals surface area contributed by atoms with Crippen molar-refractivity contribution in [3.05, 3.63) is 18.0 Å². The number of aryl methyl sites for hydroxylation is 1. The molecule has 0 radical (unpaired) electrons. The Morgan fingerprint density at radius 1 is 1.41 bits per heavy atom. The highest BCUT2D eigenvalue weighted by molar-refractivity contribution is 5.30. The first kappa shape index (κ1) is 12.3. The van der Waals surface area contributed by atoms with Gasteiger partial charge in [0.1, 0.15) is 0 Å². The zero-order valence-electron chi connectivity index (χ0n) is 10.5. The third-order valence-corrected chi connectivity index (χ3v) is 3.29. The maximum atomic E-state index is 9.20. The summed E-state index contributed by atoms with van der Waals surface area (Å²) in [5.74, 6) is 1.19. The van der Waals surface area contributed by atoms with Crippen molar-refractivity contribution in [1.82, 2.24) is 9.97 Å². The molecular formula is C13H21N3O. The molecule has 0 aromatic carbocycles. The predicted octanol–water partition coefficient (Wildman–Crippen LogP) is 1.64. The van der Waals surface area contributed by atoms with Gasteiger partial charge in [-0.15, -0.1) is 0 Å². The van der Waals surface area contributed by atoms with Crippen LogP contribution in [0.2, 0.25) is 0 Å². The molecule has 1 unspecified atom stereocenters. The molecule has 94 valence electrons. The molecule has 0 spiro atoms. The van der Waals surface area contributed by atoms with Crippen LogP contribution in [0, 0.1) is 5.92 Å². The Bertz CT molecular complexity index is 339. The number of aromatic nitrogens is 2. The van der Waals surface area contributed by atoms with Gasteiger partial charge in [-0.1, -0.05) is 13.3 Å². The van der Waals surface area contributed by atoms with Crippen molar-refractivity contribution in [1.29, 1.82) is 0 Å². The summed E-state index contributed by atoms with van der Waals surface area (Å²) in [6, 6.07) is 0. The number of aliphatic hydroxyl groups excluding tert-OH is 1. The largest absolute Gasteiger partial charge is 0.396 e. The standard InChI is InChI=1S/C13H21N3O/c1-2-4-11-7-14-13(15-8-11)16-6-3-5-12(9-16)10-17/h7-8,12,17H,2-6,9-10H2,1H3. The Morgan fingerprint density at radius 2 is 2.18 bits per heavy atom. The highest BCUT2D eigenvalue weighted by Crippen LogP contribution is 2.19. The second-order valence-corrected chi connectivity index (χ2v) is 4.78. The molecule has 0 amide bonds. The molecule has 2 rings (SSSR count). The van der Waals surface area contributed by atoms with Crippen LogP contribution in [0.25, 0.3) is 0 Å². The van der Waals surface area contributed by atoms with Crippen LogP contribution in [0.1, 0.15) is 31.7 Å². The third-order valence-electron chi connectivity index (χ3n) is 3.29. The number of rotatable bonds is 4. The summed E-state index contributed by atoms with van der Waals surface area (Å²) in [4.78, 5) is 11.0. The van der Waals surface area contributed by atoms with E-state index in [1.54, 1.807) is 0 Å². The van der Waals surface area contributed by atoms with Crippen LogP contribution in [0.15, 0.2) is 12.4 Å². The average Bonchev–Trinajstić information content (AvgIpc) is 2.40. The lowest BCUT2D eigenvalue weighted by atomic mass is 9.99. The number of nitrogens with zero attached hydrogens (tertiary/aromatic N) is 3. The third kappa shape index (κ3) is 3.16. The number of hydrogen-bond donors (Lipinski definition) is 1. The topological polar surface area (TPSA) is 49.2 Å². The van der Waals surface area contributed by atoms with Crippen molar-refractivity contribution in [2.24, 2.45) is 5.92 Å². The first-order valence-electron chi connectivity index (χ1n) is 6.50. The minimum atomic E-state index is 0.268. The molecule has 4 heteroatoms. The lowest BCUT2D eigenvalue weighted by Crippen LogP contribution is -2.37. The number of aliphatic hydroxyl groups is 1. The van der Waals surface area contributed by atoms with Gasteiger partial charge in [-0.25, -0.2) is 9.97 Å². The van der Waals surface area contributed by atoms with Crippen LogP contribution in [-0.4, -0.2) is 34.8 Å². The highest BCUT2D eigenvalue weighted by atomic mass is 16.3. The molecule has 17 heavy (non-hydrogen) atoms. The van der Waals surface area contributed by atoms with E-state index in [4.69, 9.17) is 0 Å². The van der Waals surface area contributed by atoms with E-state index in [1.807, 2.05) is 12.4 Å².